The SMILES string of the molecule is C/C(=N\OCc1ccc(C(F)F)cc1)c1ccc(OC/C(=N/N)NN)cc1. The van der Waals surface area contributed by atoms with E-state index in [1.165, 1.54) is 12.1 Å². The fraction of sp³-hybridized carbons (Fsp3) is 0.222. The molecule has 0 unspecified atom stereocenters. The lowest BCUT2D eigenvalue weighted by atomic mass is 10.1. The van der Waals surface area contributed by atoms with E-state index in [1.54, 1.807) is 31.2 Å². The van der Waals surface area contributed by atoms with Crippen molar-refractivity contribution in [2.45, 2.75) is 20.0 Å². The third-order valence-corrected chi connectivity index (χ3v) is 3.63. The number of hydrogen-bond donors (Lipinski definition) is 3. The topological polar surface area (TPSA) is 107 Å². The number of hydrogen-bond acceptors (Lipinski definition) is 6. The Bertz CT molecular complexity index is 777. The molecule has 0 saturated carbocycles. The molecule has 27 heavy (non-hydrogen) atoms. The van der Waals surface area contributed by atoms with Crippen molar-refractivity contribution < 1.29 is 18.4 Å². The molecule has 7 nitrogen and oxygen atoms in total. The van der Waals surface area contributed by atoms with Gasteiger partial charge in [0.05, 0.1) is 5.71 Å². The number of alkyl halides is 2. The number of amidine groups is 1. The van der Waals surface area contributed by atoms with E-state index < -0.39 is 6.43 Å². The predicted molar refractivity (Wildman–Crippen MR) is 99.3 cm³/mol. The van der Waals surface area contributed by atoms with Crippen molar-refractivity contribution in [3.8, 4) is 5.75 Å². The van der Waals surface area contributed by atoms with Crippen LogP contribution in [0.25, 0.3) is 0 Å². The van der Waals surface area contributed by atoms with Crippen LogP contribution in [0.3, 0.4) is 0 Å². The van der Waals surface area contributed by atoms with Crippen LogP contribution in [0.5, 0.6) is 5.75 Å². The van der Waals surface area contributed by atoms with Gasteiger partial charge in [-0.05, 0) is 42.3 Å². The molecule has 0 bridgehead atoms. The van der Waals surface area contributed by atoms with Crippen molar-refractivity contribution in [3.05, 3.63) is 65.2 Å². The minimum atomic E-state index is -2.48. The van der Waals surface area contributed by atoms with Gasteiger partial charge in [0.1, 0.15) is 19.0 Å². The summed E-state index contributed by atoms with van der Waals surface area (Å²) in [4.78, 5) is 5.29. The summed E-state index contributed by atoms with van der Waals surface area (Å²) in [6.45, 7) is 2.11. The second-order valence-corrected chi connectivity index (χ2v) is 5.53. The van der Waals surface area contributed by atoms with E-state index in [0.717, 1.165) is 11.1 Å². The van der Waals surface area contributed by atoms with E-state index in [1.807, 2.05) is 12.1 Å². The summed E-state index contributed by atoms with van der Waals surface area (Å²) < 4.78 is 30.5. The number of hydrazone groups is 1. The van der Waals surface area contributed by atoms with Crippen molar-refractivity contribution in [2.75, 3.05) is 6.61 Å². The van der Waals surface area contributed by atoms with Crippen LogP contribution in [-0.2, 0) is 11.4 Å². The molecule has 0 aliphatic carbocycles. The molecule has 5 N–H and O–H groups in total. The van der Waals surface area contributed by atoms with Gasteiger partial charge in [0, 0.05) is 5.56 Å². The third-order valence-electron chi connectivity index (χ3n) is 3.63. The quantitative estimate of drug-likeness (QED) is 0.284. The Morgan fingerprint density at radius 1 is 1.11 bits per heavy atom. The smallest absolute Gasteiger partial charge is 0.263 e. The Morgan fingerprint density at radius 2 is 1.78 bits per heavy atom. The molecule has 0 saturated heterocycles. The number of nitrogens with one attached hydrogen (secondary N) is 1. The largest absolute Gasteiger partial charge is 0.486 e. The Hall–Kier alpha value is -3.20. The number of hydrazine groups is 1. The molecule has 0 aromatic heterocycles. The number of benzene rings is 2. The summed E-state index contributed by atoms with van der Waals surface area (Å²) in [5.41, 5.74) is 4.57. The van der Waals surface area contributed by atoms with Gasteiger partial charge in [0.2, 0.25) is 0 Å². The Balaban J connectivity index is 1.88. The van der Waals surface area contributed by atoms with Crippen molar-refractivity contribution in [1.82, 2.24) is 5.43 Å². The molecule has 0 spiro atoms. The van der Waals surface area contributed by atoms with Crippen LogP contribution >= 0.6 is 0 Å². The van der Waals surface area contributed by atoms with Gasteiger partial charge in [-0.15, -0.1) is 0 Å². The summed E-state index contributed by atoms with van der Waals surface area (Å²) >= 11 is 0. The molecular formula is C18H21F2N5O2. The van der Waals surface area contributed by atoms with E-state index in [4.69, 9.17) is 21.3 Å². The second-order valence-electron chi connectivity index (χ2n) is 5.53. The first-order chi connectivity index (χ1) is 13.0. The number of ether oxygens (including phenoxy) is 1. The van der Waals surface area contributed by atoms with Gasteiger partial charge >= 0.3 is 0 Å². The zero-order valence-electron chi connectivity index (χ0n) is 14.7. The number of oxime groups is 1. The van der Waals surface area contributed by atoms with E-state index >= 15 is 0 Å². The van der Waals surface area contributed by atoms with Crippen LogP contribution in [0.1, 0.15) is 30.0 Å². The lowest BCUT2D eigenvalue weighted by Gasteiger charge is -2.08. The number of halogens is 2. The maximum absolute atomic E-state index is 12.5. The second kappa shape index (κ2) is 10.1. The van der Waals surface area contributed by atoms with Crippen LogP contribution in [0.2, 0.25) is 0 Å². The fourth-order valence-corrected chi connectivity index (χ4v) is 2.08. The highest BCUT2D eigenvalue weighted by molar-refractivity contribution is 5.98. The average molecular weight is 377 g/mol. The Kier molecular flexibility index (Phi) is 7.50. The van der Waals surface area contributed by atoms with Crippen molar-refractivity contribution in [2.24, 2.45) is 21.9 Å². The summed E-state index contributed by atoms with van der Waals surface area (Å²) in [5, 5.41) is 7.47. The van der Waals surface area contributed by atoms with Gasteiger partial charge in [-0.1, -0.05) is 29.4 Å². The summed E-state index contributed by atoms with van der Waals surface area (Å²) in [7, 11) is 0. The maximum atomic E-state index is 12.5. The van der Waals surface area contributed by atoms with Gasteiger partial charge in [0.25, 0.3) is 6.43 Å². The monoisotopic (exact) mass is 377 g/mol. The fourth-order valence-electron chi connectivity index (χ4n) is 2.08. The molecule has 0 atom stereocenters. The highest BCUT2D eigenvalue weighted by atomic mass is 19.3. The minimum Gasteiger partial charge on any atom is -0.486 e. The first-order valence-electron chi connectivity index (χ1n) is 8.03. The van der Waals surface area contributed by atoms with Gasteiger partial charge in [-0.25, -0.2) is 14.6 Å². The molecular weight excluding hydrogens is 356 g/mol. The lowest BCUT2D eigenvalue weighted by molar-refractivity contribution is 0.130. The van der Waals surface area contributed by atoms with Crippen molar-refractivity contribution in [3.63, 3.8) is 0 Å². The molecule has 0 amide bonds. The average Bonchev–Trinajstić information content (AvgIpc) is 2.69. The third kappa shape index (κ3) is 6.23. The summed E-state index contributed by atoms with van der Waals surface area (Å²) in [6.07, 6.45) is -2.48. The predicted octanol–water partition coefficient (Wildman–Crippen LogP) is 2.68. The van der Waals surface area contributed by atoms with Crippen LogP contribution in [0, 0.1) is 0 Å². The Labute approximate surface area is 155 Å². The molecule has 0 aliphatic heterocycles. The van der Waals surface area contributed by atoms with Crippen LogP contribution in [0.4, 0.5) is 8.78 Å². The summed E-state index contributed by atoms with van der Waals surface area (Å²) in [5.74, 6) is 11.3. The van der Waals surface area contributed by atoms with E-state index in [-0.39, 0.29) is 18.8 Å². The summed E-state index contributed by atoms with van der Waals surface area (Å²) in [6, 6.07) is 13.1. The normalized spacial score (nSPS) is 12.2. The number of rotatable bonds is 8. The molecule has 2 rings (SSSR count). The molecule has 144 valence electrons. The molecule has 0 aliphatic rings. The molecule has 0 fully saturated rings. The molecule has 0 heterocycles. The molecule has 2 aromatic carbocycles. The van der Waals surface area contributed by atoms with E-state index in [0.29, 0.717) is 17.3 Å². The van der Waals surface area contributed by atoms with Crippen molar-refractivity contribution in [1.29, 1.82) is 0 Å². The molecule has 0 radical (unpaired) electrons. The van der Waals surface area contributed by atoms with E-state index in [9.17, 15) is 8.78 Å². The van der Waals surface area contributed by atoms with Gasteiger partial charge in [-0.3, -0.25) is 0 Å². The van der Waals surface area contributed by atoms with Crippen LogP contribution in [-0.4, -0.2) is 18.2 Å². The highest BCUT2D eigenvalue weighted by Crippen LogP contribution is 2.19. The zero-order chi connectivity index (χ0) is 19.6. The van der Waals surface area contributed by atoms with Crippen LogP contribution < -0.4 is 21.8 Å². The van der Waals surface area contributed by atoms with Gasteiger partial charge in [-0.2, -0.15) is 5.10 Å². The van der Waals surface area contributed by atoms with Crippen molar-refractivity contribution >= 4 is 11.5 Å². The number of nitrogens with two attached hydrogens (primary N) is 2. The zero-order valence-corrected chi connectivity index (χ0v) is 14.7. The minimum absolute atomic E-state index is 0.0205. The lowest BCUT2D eigenvalue weighted by Crippen LogP contribution is -2.35. The van der Waals surface area contributed by atoms with E-state index in [2.05, 4.69) is 15.7 Å². The number of nitrogens with zero attached hydrogens (tertiary/aromatic N) is 2. The molecule has 9 heteroatoms. The maximum Gasteiger partial charge on any atom is 0.263 e. The van der Waals surface area contributed by atoms with Gasteiger partial charge < -0.3 is 20.8 Å². The van der Waals surface area contributed by atoms with Gasteiger partial charge in [0.15, 0.2) is 5.84 Å². The first kappa shape index (κ1) is 20.1. The first-order valence-corrected chi connectivity index (χ1v) is 8.03. The Morgan fingerprint density at radius 3 is 2.33 bits per heavy atom. The highest BCUT2D eigenvalue weighted by Gasteiger charge is 2.06. The van der Waals surface area contributed by atoms with Crippen LogP contribution in [0.15, 0.2) is 58.8 Å². The molecule has 2 aromatic rings. The standard InChI is InChI=1S/C18H21F2N5O2/c1-12(25-27-10-13-2-4-15(5-3-13)18(19)20)14-6-8-16(9-7-14)26-11-17(23-21)24-22/h2-9,18H,10-11,21-22H2,1H3,(H,23,24)/b25-12+.